The molecule has 0 bridgehead atoms. The third-order valence-electron chi connectivity index (χ3n) is 1.44. The Morgan fingerprint density at radius 3 is 2.64 bits per heavy atom. The van der Waals surface area contributed by atoms with Gasteiger partial charge in [0.2, 0.25) is 0 Å². The minimum Gasteiger partial charge on any atom is -0.346 e. The zero-order valence-corrected chi connectivity index (χ0v) is 10.1. The molecule has 0 aliphatic heterocycles. The summed E-state index contributed by atoms with van der Waals surface area (Å²) in [6.45, 7) is 5.80. The number of amides is 1. The first kappa shape index (κ1) is 11.2. The molecule has 0 saturated heterocycles. The molecule has 4 heteroatoms. The number of hydrogen-bond donors (Lipinski definition) is 1. The van der Waals surface area contributed by atoms with Gasteiger partial charge >= 0.3 is 0 Å². The van der Waals surface area contributed by atoms with Gasteiger partial charge in [0.15, 0.2) is 0 Å². The highest BCUT2D eigenvalue weighted by Gasteiger charge is 2.15. The fourth-order valence-electron chi connectivity index (χ4n) is 0.934. The Kier molecular flexibility index (Phi) is 3.26. The zero-order valence-electron chi connectivity index (χ0n) is 8.47. The van der Waals surface area contributed by atoms with E-state index in [0.29, 0.717) is 5.69 Å². The molecule has 0 saturated carbocycles. The maximum Gasteiger partial charge on any atom is 0.270 e. The van der Waals surface area contributed by atoms with Gasteiger partial charge in [-0.3, -0.25) is 9.78 Å². The predicted octanol–water partition coefficient (Wildman–Crippen LogP) is 2.37. The van der Waals surface area contributed by atoms with Gasteiger partial charge in [-0.15, -0.1) is 0 Å². The van der Waals surface area contributed by atoms with Crippen LogP contribution in [0.5, 0.6) is 0 Å². The van der Waals surface area contributed by atoms with Crippen molar-refractivity contribution >= 4 is 21.8 Å². The Balaban J connectivity index is 2.80. The highest BCUT2D eigenvalue weighted by Crippen LogP contribution is 2.10. The Bertz CT molecular complexity index is 344. The molecule has 1 aromatic heterocycles. The molecule has 14 heavy (non-hydrogen) atoms. The van der Waals surface area contributed by atoms with E-state index in [1.165, 1.54) is 0 Å². The second-order valence-corrected chi connectivity index (χ2v) is 4.98. The van der Waals surface area contributed by atoms with Gasteiger partial charge < -0.3 is 5.32 Å². The quantitative estimate of drug-likeness (QED) is 0.839. The van der Waals surface area contributed by atoms with Crippen molar-refractivity contribution in [3.05, 3.63) is 28.5 Å². The molecule has 0 fully saturated rings. The summed E-state index contributed by atoms with van der Waals surface area (Å²) in [5, 5.41) is 2.84. The Morgan fingerprint density at radius 2 is 2.14 bits per heavy atom. The molecular formula is C10H13BrN2O. The van der Waals surface area contributed by atoms with E-state index in [9.17, 15) is 4.79 Å². The molecule has 0 atom stereocenters. The summed E-state index contributed by atoms with van der Waals surface area (Å²) < 4.78 is 0.853. The summed E-state index contributed by atoms with van der Waals surface area (Å²) in [5.41, 5.74) is 0.190. The first-order chi connectivity index (χ1) is 6.38. The average Bonchev–Trinajstić information content (AvgIpc) is 2.01. The van der Waals surface area contributed by atoms with Crippen molar-refractivity contribution in [3.63, 3.8) is 0 Å². The minimum atomic E-state index is -0.235. The lowest BCUT2D eigenvalue weighted by atomic mass is 10.1. The lowest BCUT2D eigenvalue weighted by Gasteiger charge is -2.20. The van der Waals surface area contributed by atoms with Crippen LogP contribution >= 0.6 is 15.9 Å². The number of rotatable bonds is 1. The van der Waals surface area contributed by atoms with Gasteiger partial charge in [0.1, 0.15) is 5.69 Å². The zero-order chi connectivity index (χ0) is 10.8. The summed E-state index contributed by atoms with van der Waals surface area (Å²) in [6.07, 6.45) is 1.60. The van der Waals surface area contributed by atoms with Gasteiger partial charge in [-0.25, -0.2) is 0 Å². The lowest BCUT2D eigenvalue weighted by molar-refractivity contribution is 0.0914. The fraction of sp³-hybridized carbons (Fsp3) is 0.400. The van der Waals surface area contributed by atoms with Gasteiger partial charge in [-0.1, -0.05) is 15.9 Å². The summed E-state index contributed by atoms with van der Waals surface area (Å²) in [6, 6.07) is 3.48. The highest BCUT2D eigenvalue weighted by atomic mass is 79.9. The summed E-state index contributed by atoms with van der Waals surface area (Å²) in [4.78, 5) is 15.6. The number of pyridine rings is 1. The van der Waals surface area contributed by atoms with E-state index in [1.807, 2.05) is 20.8 Å². The second kappa shape index (κ2) is 4.09. The smallest absolute Gasteiger partial charge is 0.270 e. The van der Waals surface area contributed by atoms with Crippen molar-refractivity contribution in [2.24, 2.45) is 0 Å². The van der Waals surface area contributed by atoms with E-state index in [-0.39, 0.29) is 11.4 Å². The molecule has 0 aliphatic carbocycles. The summed E-state index contributed by atoms with van der Waals surface area (Å²) in [7, 11) is 0. The topological polar surface area (TPSA) is 42.0 Å². The number of aromatic nitrogens is 1. The van der Waals surface area contributed by atoms with Gasteiger partial charge in [0.25, 0.3) is 5.91 Å². The molecule has 0 spiro atoms. The Morgan fingerprint density at radius 1 is 1.50 bits per heavy atom. The van der Waals surface area contributed by atoms with E-state index in [4.69, 9.17) is 0 Å². The van der Waals surface area contributed by atoms with Crippen LogP contribution < -0.4 is 5.32 Å². The van der Waals surface area contributed by atoms with Crippen LogP contribution in [0.3, 0.4) is 0 Å². The molecule has 76 valence electrons. The van der Waals surface area contributed by atoms with Crippen molar-refractivity contribution in [3.8, 4) is 0 Å². The van der Waals surface area contributed by atoms with E-state index in [0.717, 1.165) is 4.47 Å². The summed E-state index contributed by atoms with van der Waals surface area (Å²) in [5.74, 6) is -0.154. The van der Waals surface area contributed by atoms with Crippen LogP contribution in [0.4, 0.5) is 0 Å². The van der Waals surface area contributed by atoms with Crippen molar-refractivity contribution in [1.82, 2.24) is 10.3 Å². The molecule has 0 aliphatic rings. The molecule has 0 unspecified atom stereocenters. The van der Waals surface area contributed by atoms with Crippen LogP contribution in [0.1, 0.15) is 31.3 Å². The maximum absolute atomic E-state index is 11.6. The van der Waals surface area contributed by atoms with E-state index in [1.54, 1.807) is 18.3 Å². The van der Waals surface area contributed by atoms with E-state index >= 15 is 0 Å². The fourth-order valence-corrected chi connectivity index (χ4v) is 1.27. The number of nitrogens with zero attached hydrogens (tertiary/aromatic N) is 1. The van der Waals surface area contributed by atoms with Crippen LogP contribution in [0.25, 0.3) is 0 Å². The molecule has 1 N–H and O–H groups in total. The van der Waals surface area contributed by atoms with E-state index in [2.05, 4.69) is 26.2 Å². The number of carbonyl (C=O) groups is 1. The van der Waals surface area contributed by atoms with Crippen LogP contribution in [0, 0.1) is 0 Å². The molecule has 1 rings (SSSR count). The van der Waals surface area contributed by atoms with Gasteiger partial charge in [0, 0.05) is 16.2 Å². The third kappa shape index (κ3) is 3.46. The predicted molar refractivity (Wildman–Crippen MR) is 59.2 cm³/mol. The van der Waals surface area contributed by atoms with Crippen LogP contribution in [0.15, 0.2) is 22.8 Å². The Hall–Kier alpha value is -0.900. The summed E-state index contributed by atoms with van der Waals surface area (Å²) >= 11 is 3.29. The standard InChI is InChI=1S/C10H13BrN2O/c1-10(2,3)13-9(14)8-6-7(11)4-5-12-8/h4-6H,1-3H3,(H,13,14). The number of carbonyl (C=O) groups excluding carboxylic acids is 1. The van der Waals surface area contributed by atoms with Gasteiger partial charge in [0.05, 0.1) is 0 Å². The Labute approximate surface area is 92.1 Å². The van der Waals surface area contributed by atoms with Gasteiger partial charge in [-0.2, -0.15) is 0 Å². The third-order valence-corrected chi connectivity index (χ3v) is 1.94. The number of hydrogen-bond acceptors (Lipinski definition) is 2. The number of halogens is 1. The number of nitrogens with one attached hydrogen (secondary N) is 1. The molecule has 1 heterocycles. The average molecular weight is 257 g/mol. The lowest BCUT2D eigenvalue weighted by Crippen LogP contribution is -2.40. The molecule has 3 nitrogen and oxygen atoms in total. The molecule has 1 amide bonds. The van der Waals surface area contributed by atoms with Crippen molar-refractivity contribution in [1.29, 1.82) is 0 Å². The van der Waals surface area contributed by atoms with Crippen molar-refractivity contribution < 1.29 is 4.79 Å². The minimum absolute atomic E-state index is 0.154. The normalized spacial score (nSPS) is 11.1. The monoisotopic (exact) mass is 256 g/mol. The molecule has 1 aromatic rings. The first-order valence-corrected chi connectivity index (χ1v) is 5.12. The molecule has 0 aromatic carbocycles. The van der Waals surface area contributed by atoms with Crippen LogP contribution in [0.2, 0.25) is 0 Å². The van der Waals surface area contributed by atoms with Gasteiger partial charge in [-0.05, 0) is 32.9 Å². The van der Waals surface area contributed by atoms with Crippen molar-refractivity contribution in [2.45, 2.75) is 26.3 Å². The van der Waals surface area contributed by atoms with Crippen LogP contribution in [-0.4, -0.2) is 16.4 Å². The maximum atomic E-state index is 11.6. The highest BCUT2D eigenvalue weighted by molar-refractivity contribution is 9.10. The van der Waals surface area contributed by atoms with Crippen molar-refractivity contribution in [2.75, 3.05) is 0 Å². The van der Waals surface area contributed by atoms with Crippen LogP contribution in [-0.2, 0) is 0 Å². The second-order valence-electron chi connectivity index (χ2n) is 4.06. The molecular weight excluding hydrogens is 244 g/mol. The molecule has 0 radical (unpaired) electrons. The first-order valence-electron chi connectivity index (χ1n) is 4.32. The largest absolute Gasteiger partial charge is 0.346 e. The SMILES string of the molecule is CC(C)(C)NC(=O)c1cc(Br)ccn1. The van der Waals surface area contributed by atoms with E-state index < -0.39 is 0 Å².